The van der Waals surface area contributed by atoms with Crippen LogP contribution in [0.5, 0.6) is 5.75 Å². The van der Waals surface area contributed by atoms with Crippen LogP contribution in [0.4, 0.5) is 10.5 Å². The van der Waals surface area contributed by atoms with Crippen LogP contribution in [0.2, 0.25) is 0 Å². The zero-order valence-corrected chi connectivity index (χ0v) is 11.9. The quantitative estimate of drug-likeness (QED) is 0.842. The highest BCUT2D eigenvalue weighted by Crippen LogP contribution is 2.35. The molecule has 3 rings (SSSR count). The molecule has 0 aromatic heterocycles. The Morgan fingerprint density at radius 3 is 2.57 bits per heavy atom. The van der Waals surface area contributed by atoms with Gasteiger partial charge in [0.15, 0.2) is 0 Å². The van der Waals surface area contributed by atoms with E-state index >= 15 is 0 Å². The third-order valence-electron chi connectivity index (χ3n) is 3.64. The number of amides is 1. The maximum Gasteiger partial charge on any atom is 0.419 e. The first-order valence-electron chi connectivity index (χ1n) is 6.95. The molecule has 0 aliphatic carbocycles. The Balaban J connectivity index is 1.84. The second-order valence-electron chi connectivity index (χ2n) is 4.90. The Morgan fingerprint density at radius 2 is 1.81 bits per heavy atom. The van der Waals surface area contributed by atoms with Crippen LogP contribution in [0.25, 0.3) is 0 Å². The van der Waals surface area contributed by atoms with E-state index in [9.17, 15) is 4.79 Å². The van der Waals surface area contributed by atoms with Crippen molar-refractivity contribution in [1.29, 1.82) is 0 Å². The maximum atomic E-state index is 12.4. The van der Waals surface area contributed by atoms with E-state index in [1.807, 2.05) is 42.5 Å². The summed E-state index contributed by atoms with van der Waals surface area (Å²) in [4.78, 5) is 14.1. The second-order valence-corrected chi connectivity index (χ2v) is 4.90. The normalized spacial score (nSPS) is 17.2. The van der Waals surface area contributed by atoms with Gasteiger partial charge in [0.1, 0.15) is 5.75 Å². The van der Waals surface area contributed by atoms with Crippen molar-refractivity contribution in [2.75, 3.05) is 18.6 Å². The number of ether oxygens (including phenoxy) is 2. The number of carbonyl (C=O) groups excluding carboxylic acids is 1. The summed E-state index contributed by atoms with van der Waals surface area (Å²) in [5.74, 6) is 0.550. The molecular formula is C17H17NO3. The molecule has 1 aliphatic rings. The predicted octanol–water partition coefficient (Wildman–Crippen LogP) is 3.78. The summed E-state index contributed by atoms with van der Waals surface area (Å²) in [5, 5.41) is 0. The van der Waals surface area contributed by atoms with Crippen molar-refractivity contribution in [3.63, 3.8) is 0 Å². The Kier molecular flexibility index (Phi) is 3.88. The number of methoxy groups -OCH3 is 1. The summed E-state index contributed by atoms with van der Waals surface area (Å²) < 4.78 is 10.9. The lowest BCUT2D eigenvalue weighted by Gasteiger charge is -2.32. The lowest BCUT2D eigenvalue weighted by atomic mass is 9.99. The fourth-order valence-electron chi connectivity index (χ4n) is 2.61. The van der Waals surface area contributed by atoms with Gasteiger partial charge < -0.3 is 9.47 Å². The number of benzene rings is 2. The van der Waals surface area contributed by atoms with Gasteiger partial charge in [-0.3, -0.25) is 4.90 Å². The number of fused-ring (bicyclic) bond motifs is 1. The first-order chi connectivity index (χ1) is 10.3. The summed E-state index contributed by atoms with van der Waals surface area (Å²) in [5.41, 5.74) is 1.88. The van der Waals surface area contributed by atoms with Gasteiger partial charge in [-0.25, -0.2) is 4.79 Å². The molecule has 1 amide bonds. The molecule has 1 aliphatic heterocycles. The maximum absolute atomic E-state index is 12.4. The summed E-state index contributed by atoms with van der Waals surface area (Å²) >= 11 is 0. The van der Waals surface area contributed by atoms with Crippen LogP contribution in [0, 0.1) is 0 Å². The van der Waals surface area contributed by atoms with E-state index in [1.165, 1.54) is 0 Å². The Labute approximate surface area is 123 Å². The largest absolute Gasteiger partial charge is 0.419 e. The molecule has 0 radical (unpaired) electrons. The minimum Gasteiger partial charge on any atom is -0.410 e. The van der Waals surface area contributed by atoms with Gasteiger partial charge in [0.05, 0.1) is 11.8 Å². The lowest BCUT2D eigenvalue weighted by molar-refractivity contribution is 0.0934. The van der Waals surface area contributed by atoms with E-state index in [1.54, 1.807) is 24.1 Å². The Morgan fingerprint density at radius 1 is 1.10 bits per heavy atom. The SMILES string of the molecule is COC1CCN(C(=O)Oc2ccccc2)c2ccccc21. The van der Waals surface area contributed by atoms with Crippen LogP contribution < -0.4 is 9.64 Å². The molecule has 0 saturated heterocycles. The van der Waals surface area contributed by atoms with E-state index in [0.717, 1.165) is 17.7 Å². The topological polar surface area (TPSA) is 38.8 Å². The molecule has 4 nitrogen and oxygen atoms in total. The molecule has 0 fully saturated rings. The number of hydrogen-bond acceptors (Lipinski definition) is 3. The molecule has 4 heteroatoms. The summed E-state index contributed by atoms with van der Waals surface area (Å²) in [6.07, 6.45) is 0.433. The molecule has 1 atom stereocenters. The van der Waals surface area contributed by atoms with Crippen molar-refractivity contribution in [1.82, 2.24) is 0 Å². The van der Waals surface area contributed by atoms with Gasteiger partial charge >= 0.3 is 6.09 Å². The number of carbonyl (C=O) groups is 1. The van der Waals surface area contributed by atoms with E-state index in [0.29, 0.717) is 12.3 Å². The number of para-hydroxylation sites is 2. The average Bonchev–Trinajstić information content (AvgIpc) is 2.54. The van der Waals surface area contributed by atoms with Crippen molar-refractivity contribution in [2.24, 2.45) is 0 Å². The highest BCUT2D eigenvalue weighted by atomic mass is 16.6. The van der Waals surface area contributed by atoms with Gasteiger partial charge in [-0.05, 0) is 24.6 Å². The molecule has 108 valence electrons. The number of anilines is 1. The van der Waals surface area contributed by atoms with E-state index < -0.39 is 0 Å². The van der Waals surface area contributed by atoms with Crippen LogP contribution in [-0.2, 0) is 4.74 Å². The smallest absolute Gasteiger partial charge is 0.410 e. The number of nitrogens with zero attached hydrogens (tertiary/aromatic N) is 1. The molecule has 0 saturated carbocycles. The van der Waals surface area contributed by atoms with Crippen LogP contribution in [-0.4, -0.2) is 19.7 Å². The monoisotopic (exact) mass is 283 g/mol. The minimum absolute atomic E-state index is 0.0296. The molecule has 1 unspecified atom stereocenters. The van der Waals surface area contributed by atoms with Gasteiger partial charge in [0.2, 0.25) is 0 Å². The van der Waals surface area contributed by atoms with Gasteiger partial charge in [-0.1, -0.05) is 36.4 Å². The number of rotatable bonds is 2. The van der Waals surface area contributed by atoms with Crippen LogP contribution in [0.1, 0.15) is 18.1 Å². The highest BCUT2D eigenvalue weighted by molar-refractivity contribution is 5.90. The van der Waals surface area contributed by atoms with Crippen molar-refractivity contribution in [2.45, 2.75) is 12.5 Å². The molecule has 2 aromatic rings. The first-order valence-corrected chi connectivity index (χ1v) is 6.95. The van der Waals surface area contributed by atoms with Gasteiger partial charge in [-0.15, -0.1) is 0 Å². The zero-order valence-electron chi connectivity index (χ0n) is 11.9. The van der Waals surface area contributed by atoms with E-state index in [-0.39, 0.29) is 12.2 Å². The molecule has 1 heterocycles. The minimum atomic E-state index is -0.358. The van der Waals surface area contributed by atoms with E-state index in [4.69, 9.17) is 9.47 Å². The predicted molar refractivity (Wildman–Crippen MR) is 80.6 cm³/mol. The fraction of sp³-hybridized carbons (Fsp3) is 0.235. The van der Waals surface area contributed by atoms with Gasteiger partial charge in [0, 0.05) is 19.2 Å². The van der Waals surface area contributed by atoms with Crippen LogP contribution in [0.3, 0.4) is 0 Å². The van der Waals surface area contributed by atoms with Crippen LogP contribution >= 0.6 is 0 Å². The third-order valence-corrected chi connectivity index (χ3v) is 3.64. The molecule has 2 aromatic carbocycles. The van der Waals surface area contributed by atoms with Crippen molar-refractivity contribution >= 4 is 11.8 Å². The van der Waals surface area contributed by atoms with Crippen LogP contribution in [0.15, 0.2) is 54.6 Å². The zero-order chi connectivity index (χ0) is 14.7. The number of hydrogen-bond donors (Lipinski definition) is 0. The fourth-order valence-corrected chi connectivity index (χ4v) is 2.61. The van der Waals surface area contributed by atoms with Crippen molar-refractivity contribution in [3.8, 4) is 5.75 Å². The molecule has 0 N–H and O–H groups in total. The highest BCUT2D eigenvalue weighted by Gasteiger charge is 2.29. The summed E-state index contributed by atoms with van der Waals surface area (Å²) in [7, 11) is 1.69. The Bertz CT molecular complexity index is 627. The third kappa shape index (κ3) is 2.76. The van der Waals surface area contributed by atoms with E-state index in [2.05, 4.69) is 0 Å². The molecule has 0 bridgehead atoms. The summed E-state index contributed by atoms with van der Waals surface area (Å²) in [6, 6.07) is 16.9. The second kappa shape index (κ2) is 5.97. The van der Waals surface area contributed by atoms with Gasteiger partial charge in [-0.2, -0.15) is 0 Å². The standard InChI is InChI=1S/C17H17NO3/c1-20-16-11-12-18(15-10-6-5-9-14(15)16)17(19)21-13-7-3-2-4-8-13/h2-10,16H,11-12H2,1H3. The molecule has 21 heavy (non-hydrogen) atoms. The first kappa shape index (κ1) is 13.6. The Hall–Kier alpha value is -2.33. The lowest BCUT2D eigenvalue weighted by Crippen LogP contribution is -2.38. The average molecular weight is 283 g/mol. The van der Waals surface area contributed by atoms with Crippen molar-refractivity contribution < 1.29 is 14.3 Å². The van der Waals surface area contributed by atoms with Gasteiger partial charge in [0.25, 0.3) is 0 Å². The molecule has 0 spiro atoms. The van der Waals surface area contributed by atoms with Crippen molar-refractivity contribution in [3.05, 3.63) is 60.2 Å². The summed E-state index contributed by atoms with van der Waals surface area (Å²) in [6.45, 7) is 0.585. The molecular weight excluding hydrogens is 266 g/mol.